The van der Waals surface area contributed by atoms with E-state index in [1.807, 2.05) is 35.7 Å². The summed E-state index contributed by atoms with van der Waals surface area (Å²) in [5.74, 6) is 0.289. The summed E-state index contributed by atoms with van der Waals surface area (Å²) in [7, 11) is 0. The highest BCUT2D eigenvalue weighted by molar-refractivity contribution is 5.80. The van der Waals surface area contributed by atoms with Crippen LogP contribution in [-0.4, -0.2) is 48.4 Å². The highest BCUT2D eigenvalue weighted by Crippen LogP contribution is 2.25. The van der Waals surface area contributed by atoms with Gasteiger partial charge in [0.25, 0.3) is 0 Å². The summed E-state index contributed by atoms with van der Waals surface area (Å²) in [4.78, 5) is 18.9. The van der Waals surface area contributed by atoms with E-state index in [1.165, 1.54) is 6.33 Å². The average molecular weight is 302 g/mol. The van der Waals surface area contributed by atoms with Crippen molar-refractivity contribution in [1.82, 2.24) is 29.4 Å². The zero-order valence-corrected chi connectivity index (χ0v) is 13.0. The summed E-state index contributed by atoms with van der Waals surface area (Å²) >= 11 is 0. The Bertz CT molecular complexity index is 592. The van der Waals surface area contributed by atoms with E-state index in [-0.39, 0.29) is 23.9 Å². The number of aromatic nitrogens is 5. The summed E-state index contributed by atoms with van der Waals surface area (Å²) in [5, 5.41) is 8.48. The van der Waals surface area contributed by atoms with Crippen LogP contribution >= 0.6 is 0 Å². The lowest BCUT2D eigenvalue weighted by Crippen LogP contribution is -2.45. The van der Waals surface area contributed by atoms with Crippen molar-refractivity contribution < 1.29 is 4.79 Å². The van der Waals surface area contributed by atoms with Crippen LogP contribution in [0.4, 0.5) is 0 Å². The van der Waals surface area contributed by atoms with Gasteiger partial charge in [0.2, 0.25) is 5.91 Å². The Kier molecular flexibility index (Phi) is 4.22. The standard InChI is InChI=1S/C15H22N6O/c1-12(2)14(21-11-16-10-18-21)15(22)19-7-3-5-13(9-19)20-8-4-6-17-20/h4,6,8,10-14H,3,5,7,9H2,1-2H3. The van der Waals surface area contributed by atoms with E-state index in [1.54, 1.807) is 17.2 Å². The highest BCUT2D eigenvalue weighted by Gasteiger charge is 2.32. The Morgan fingerprint density at radius 1 is 1.32 bits per heavy atom. The summed E-state index contributed by atoms with van der Waals surface area (Å²) in [5.41, 5.74) is 0. The second kappa shape index (κ2) is 6.29. The molecule has 1 saturated heterocycles. The molecule has 0 radical (unpaired) electrons. The Morgan fingerprint density at radius 3 is 2.82 bits per heavy atom. The molecule has 1 fully saturated rings. The summed E-state index contributed by atoms with van der Waals surface area (Å²) < 4.78 is 3.63. The molecule has 0 N–H and O–H groups in total. The van der Waals surface area contributed by atoms with Gasteiger partial charge in [-0.25, -0.2) is 9.67 Å². The van der Waals surface area contributed by atoms with E-state index in [0.717, 1.165) is 19.4 Å². The predicted molar refractivity (Wildman–Crippen MR) is 81.0 cm³/mol. The lowest BCUT2D eigenvalue weighted by atomic mass is 10.00. The van der Waals surface area contributed by atoms with Gasteiger partial charge >= 0.3 is 0 Å². The molecule has 0 aromatic carbocycles. The van der Waals surface area contributed by atoms with Crippen molar-refractivity contribution in [3.8, 4) is 0 Å². The van der Waals surface area contributed by atoms with Crippen molar-refractivity contribution in [2.45, 2.75) is 38.8 Å². The normalized spacial score (nSPS) is 20.3. The molecule has 22 heavy (non-hydrogen) atoms. The number of carbonyl (C=O) groups excluding carboxylic acids is 1. The second-order valence-electron chi connectivity index (χ2n) is 6.13. The van der Waals surface area contributed by atoms with Crippen LogP contribution in [0.3, 0.4) is 0 Å². The monoisotopic (exact) mass is 302 g/mol. The third-order valence-electron chi connectivity index (χ3n) is 4.21. The largest absolute Gasteiger partial charge is 0.339 e. The fourth-order valence-corrected chi connectivity index (χ4v) is 3.12. The number of rotatable bonds is 4. The highest BCUT2D eigenvalue weighted by atomic mass is 16.2. The fourth-order valence-electron chi connectivity index (χ4n) is 3.12. The molecule has 7 nitrogen and oxygen atoms in total. The van der Waals surface area contributed by atoms with Gasteiger partial charge < -0.3 is 4.90 Å². The maximum absolute atomic E-state index is 13.0. The molecule has 0 saturated carbocycles. The van der Waals surface area contributed by atoms with Crippen LogP contribution in [0, 0.1) is 5.92 Å². The van der Waals surface area contributed by atoms with Crippen LogP contribution in [0.5, 0.6) is 0 Å². The predicted octanol–water partition coefficient (Wildman–Crippen LogP) is 1.54. The van der Waals surface area contributed by atoms with E-state index in [0.29, 0.717) is 6.54 Å². The molecule has 2 aromatic rings. The molecule has 0 spiro atoms. The molecule has 0 bridgehead atoms. The maximum Gasteiger partial charge on any atom is 0.247 e. The van der Waals surface area contributed by atoms with E-state index in [2.05, 4.69) is 15.2 Å². The van der Waals surface area contributed by atoms with E-state index in [9.17, 15) is 4.79 Å². The molecule has 3 rings (SSSR count). The van der Waals surface area contributed by atoms with Gasteiger partial charge in [-0.2, -0.15) is 10.2 Å². The van der Waals surface area contributed by atoms with Crippen molar-refractivity contribution in [2.75, 3.05) is 13.1 Å². The van der Waals surface area contributed by atoms with Gasteiger partial charge in [0, 0.05) is 25.5 Å². The van der Waals surface area contributed by atoms with Crippen LogP contribution in [0.25, 0.3) is 0 Å². The summed E-state index contributed by atoms with van der Waals surface area (Å²) in [6.07, 6.45) is 8.91. The molecular weight excluding hydrogens is 280 g/mol. The zero-order valence-electron chi connectivity index (χ0n) is 13.0. The quantitative estimate of drug-likeness (QED) is 0.859. The van der Waals surface area contributed by atoms with Gasteiger partial charge in [-0.3, -0.25) is 9.48 Å². The minimum Gasteiger partial charge on any atom is -0.339 e. The first-order valence-corrected chi connectivity index (χ1v) is 7.79. The Hall–Kier alpha value is -2.18. The van der Waals surface area contributed by atoms with Crippen molar-refractivity contribution in [3.63, 3.8) is 0 Å². The molecule has 1 aliphatic heterocycles. The van der Waals surface area contributed by atoms with Crippen LogP contribution in [-0.2, 0) is 4.79 Å². The smallest absolute Gasteiger partial charge is 0.247 e. The fraction of sp³-hybridized carbons (Fsp3) is 0.600. The molecule has 2 atom stereocenters. The average Bonchev–Trinajstić information content (AvgIpc) is 3.21. The number of nitrogens with zero attached hydrogens (tertiary/aromatic N) is 6. The molecule has 118 valence electrons. The first-order chi connectivity index (χ1) is 10.7. The molecule has 0 aliphatic carbocycles. The molecule has 2 aromatic heterocycles. The summed E-state index contributed by atoms with van der Waals surface area (Å²) in [6.45, 7) is 5.59. The molecule has 7 heteroatoms. The lowest BCUT2D eigenvalue weighted by molar-refractivity contribution is -0.138. The first-order valence-electron chi connectivity index (χ1n) is 7.79. The van der Waals surface area contributed by atoms with Crippen molar-refractivity contribution in [2.24, 2.45) is 5.92 Å². The molecule has 1 aliphatic rings. The van der Waals surface area contributed by atoms with Gasteiger partial charge in [0.1, 0.15) is 18.7 Å². The SMILES string of the molecule is CC(C)C(C(=O)N1CCCC(n2cccn2)C1)n1cncn1. The number of hydrogen-bond acceptors (Lipinski definition) is 4. The second-order valence-corrected chi connectivity index (χ2v) is 6.13. The van der Waals surface area contributed by atoms with Crippen LogP contribution < -0.4 is 0 Å². The van der Waals surface area contributed by atoms with Gasteiger partial charge in [0.05, 0.1) is 6.04 Å². The third kappa shape index (κ3) is 2.88. The third-order valence-corrected chi connectivity index (χ3v) is 4.21. The molecule has 2 unspecified atom stereocenters. The van der Waals surface area contributed by atoms with Gasteiger partial charge in [-0.15, -0.1) is 0 Å². The number of hydrogen-bond donors (Lipinski definition) is 0. The van der Waals surface area contributed by atoms with Crippen molar-refractivity contribution >= 4 is 5.91 Å². The molecule has 1 amide bonds. The topological polar surface area (TPSA) is 68.8 Å². The Balaban J connectivity index is 1.75. The van der Waals surface area contributed by atoms with Crippen LogP contribution in [0.1, 0.15) is 38.8 Å². The molecular formula is C15H22N6O. The number of carbonyl (C=O) groups is 1. The van der Waals surface area contributed by atoms with Gasteiger partial charge in [-0.1, -0.05) is 13.8 Å². The lowest BCUT2D eigenvalue weighted by Gasteiger charge is -2.35. The van der Waals surface area contributed by atoms with E-state index < -0.39 is 0 Å². The summed E-state index contributed by atoms with van der Waals surface area (Å²) in [6, 6.07) is 1.89. The number of likely N-dealkylation sites (tertiary alicyclic amines) is 1. The Morgan fingerprint density at radius 2 is 2.18 bits per heavy atom. The zero-order chi connectivity index (χ0) is 15.5. The van der Waals surface area contributed by atoms with Gasteiger partial charge in [0.15, 0.2) is 0 Å². The Labute approximate surface area is 129 Å². The van der Waals surface area contributed by atoms with Crippen molar-refractivity contribution in [1.29, 1.82) is 0 Å². The van der Waals surface area contributed by atoms with Gasteiger partial charge in [-0.05, 0) is 24.8 Å². The van der Waals surface area contributed by atoms with E-state index in [4.69, 9.17) is 0 Å². The van der Waals surface area contributed by atoms with Crippen LogP contribution in [0.2, 0.25) is 0 Å². The minimum absolute atomic E-state index is 0.123. The first kappa shape index (κ1) is 14.7. The van der Waals surface area contributed by atoms with Crippen molar-refractivity contribution in [3.05, 3.63) is 31.1 Å². The van der Waals surface area contributed by atoms with E-state index >= 15 is 0 Å². The number of amides is 1. The molecule has 3 heterocycles. The maximum atomic E-state index is 13.0. The van der Waals surface area contributed by atoms with Crippen LogP contribution in [0.15, 0.2) is 31.1 Å². The minimum atomic E-state index is -0.293. The number of piperidine rings is 1.